The molecule has 0 amide bonds. The van der Waals surface area contributed by atoms with E-state index in [1.54, 1.807) is 6.33 Å². The van der Waals surface area contributed by atoms with E-state index in [1.807, 2.05) is 13.1 Å². The Morgan fingerprint density at radius 1 is 1.57 bits per heavy atom. The van der Waals surface area contributed by atoms with Gasteiger partial charge in [-0.15, -0.1) is 0 Å². The van der Waals surface area contributed by atoms with E-state index in [0.717, 1.165) is 16.8 Å². The topological polar surface area (TPSA) is 40.7 Å². The van der Waals surface area contributed by atoms with Crippen molar-refractivity contribution in [1.82, 2.24) is 15.3 Å². The number of nitrogens with one attached hydrogen (secondary N) is 2. The summed E-state index contributed by atoms with van der Waals surface area (Å²) in [7, 11) is 1.94. The molecular formula is C10H13N3S. The first kappa shape index (κ1) is 9.55. The fourth-order valence-electron chi connectivity index (χ4n) is 1.53. The van der Waals surface area contributed by atoms with Crippen LogP contribution in [0, 0.1) is 0 Å². The van der Waals surface area contributed by atoms with Crippen LogP contribution in [0.25, 0.3) is 11.0 Å². The van der Waals surface area contributed by atoms with E-state index in [-0.39, 0.29) is 0 Å². The molecule has 3 nitrogen and oxygen atoms in total. The number of imidazole rings is 1. The van der Waals surface area contributed by atoms with Gasteiger partial charge in [-0.1, -0.05) is 6.07 Å². The lowest BCUT2D eigenvalue weighted by molar-refractivity contribution is 0.664. The number of nitrogens with zero attached hydrogens (tertiary/aromatic N) is 1. The summed E-state index contributed by atoms with van der Waals surface area (Å²) in [6.07, 6.45) is 1.71. The molecule has 1 unspecified atom stereocenters. The zero-order chi connectivity index (χ0) is 9.97. The molecule has 1 aromatic carbocycles. The van der Waals surface area contributed by atoms with E-state index in [1.165, 1.54) is 5.56 Å². The first-order valence-electron chi connectivity index (χ1n) is 4.56. The van der Waals surface area contributed by atoms with Crippen molar-refractivity contribution in [2.24, 2.45) is 0 Å². The maximum absolute atomic E-state index is 4.30. The largest absolute Gasteiger partial charge is 0.345 e. The van der Waals surface area contributed by atoms with E-state index in [2.05, 4.69) is 40.0 Å². The lowest BCUT2D eigenvalue weighted by atomic mass is 10.1. The minimum absolute atomic E-state index is 0.297. The molecule has 2 N–H and O–H groups in total. The highest BCUT2D eigenvalue weighted by molar-refractivity contribution is 7.80. The first-order valence-corrected chi connectivity index (χ1v) is 5.19. The van der Waals surface area contributed by atoms with Crippen LogP contribution >= 0.6 is 12.6 Å². The van der Waals surface area contributed by atoms with Crippen molar-refractivity contribution < 1.29 is 0 Å². The monoisotopic (exact) mass is 207 g/mol. The predicted molar refractivity (Wildman–Crippen MR) is 61.7 cm³/mol. The molecule has 0 aliphatic carbocycles. The molecular weight excluding hydrogens is 194 g/mol. The molecule has 1 aromatic heterocycles. The third-order valence-electron chi connectivity index (χ3n) is 2.38. The smallest absolute Gasteiger partial charge is 0.0931 e. The molecule has 0 aliphatic rings. The van der Waals surface area contributed by atoms with E-state index in [9.17, 15) is 0 Å². The number of rotatable bonds is 3. The summed E-state index contributed by atoms with van der Waals surface area (Å²) >= 11 is 4.30. The van der Waals surface area contributed by atoms with Gasteiger partial charge in [-0.25, -0.2) is 4.98 Å². The van der Waals surface area contributed by atoms with Crippen molar-refractivity contribution in [1.29, 1.82) is 0 Å². The minimum Gasteiger partial charge on any atom is -0.345 e. The van der Waals surface area contributed by atoms with Crippen molar-refractivity contribution in [3.05, 3.63) is 30.1 Å². The number of benzene rings is 1. The number of fused-ring (bicyclic) bond motifs is 1. The Balaban J connectivity index is 2.42. The van der Waals surface area contributed by atoms with Crippen LogP contribution in [-0.4, -0.2) is 22.8 Å². The van der Waals surface area contributed by atoms with Crippen LogP contribution in [0.4, 0.5) is 0 Å². The van der Waals surface area contributed by atoms with Crippen molar-refractivity contribution in [3.8, 4) is 0 Å². The molecule has 0 bridgehead atoms. The third kappa shape index (κ3) is 1.63. The van der Waals surface area contributed by atoms with E-state index in [0.29, 0.717) is 6.04 Å². The number of aromatic amines is 1. The van der Waals surface area contributed by atoms with E-state index < -0.39 is 0 Å². The van der Waals surface area contributed by atoms with E-state index >= 15 is 0 Å². The molecule has 14 heavy (non-hydrogen) atoms. The molecule has 74 valence electrons. The summed E-state index contributed by atoms with van der Waals surface area (Å²) in [6, 6.07) is 6.51. The van der Waals surface area contributed by atoms with Gasteiger partial charge < -0.3 is 10.3 Å². The van der Waals surface area contributed by atoms with E-state index in [4.69, 9.17) is 0 Å². The molecule has 2 rings (SSSR count). The number of H-pyrrole nitrogens is 1. The maximum atomic E-state index is 4.30. The molecule has 0 radical (unpaired) electrons. The van der Waals surface area contributed by atoms with Gasteiger partial charge in [0.05, 0.1) is 17.4 Å². The second-order valence-electron chi connectivity index (χ2n) is 3.20. The summed E-state index contributed by atoms with van der Waals surface area (Å²) in [4.78, 5) is 7.27. The van der Waals surface area contributed by atoms with Gasteiger partial charge in [0.1, 0.15) is 0 Å². The van der Waals surface area contributed by atoms with Crippen LogP contribution in [0.15, 0.2) is 24.5 Å². The van der Waals surface area contributed by atoms with Gasteiger partial charge in [0.2, 0.25) is 0 Å². The van der Waals surface area contributed by atoms with Crippen LogP contribution < -0.4 is 5.32 Å². The predicted octanol–water partition coefficient (Wildman–Crippen LogP) is 1.75. The molecule has 0 saturated carbocycles. The van der Waals surface area contributed by atoms with Gasteiger partial charge in [-0.2, -0.15) is 12.6 Å². The van der Waals surface area contributed by atoms with Gasteiger partial charge in [0, 0.05) is 11.8 Å². The Labute approximate surface area is 88.3 Å². The van der Waals surface area contributed by atoms with Gasteiger partial charge in [0.25, 0.3) is 0 Å². The summed E-state index contributed by atoms with van der Waals surface area (Å²) < 4.78 is 0. The quantitative estimate of drug-likeness (QED) is 0.671. The van der Waals surface area contributed by atoms with Crippen LogP contribution in [0.1, 0.15) is 11.6 Å². The molecule has 0 spiro atoms. The number of thiol groups is 1. The zero-order valence-electron chi connectivity index (χ0n) is 7.99. The Bertz CT molecular complexity index is 420. The Kier molecular flexibility index (Phi) is 2.74. The van der Waals surface area contributed by atoms with Crippen LogP contribution in [-0.2, 0) is 0 Å². The molecule has 2 aromatic rings. The summed E-state index contributed by atoms with van der Waals surface area (Å²) in [5, 5.41) is 3.21. The minimum atomic E-state index is 0.297. The van der Waals surface area contributed by atoms with Crippen molar-refractivity contribution in [2.75, 3.05) is 12.8 Å². The highest BCUT2D eigenvalue weighted by Crippen LogP contribution is 2.18. The fourth-order valence-corrected chi connectivity index (χ4v) is 1.93. The average Bonchev–Trinajstić information content (AvgIpc) is 2.66. The third-order valence-corrected chi connectivity index (χ3v) is 2.74. The second kappa shape index (κ2) is 4.02. The second-order valence-corrected chi connectivity index (χ2v) is 3.57. The summed E-state index contributed by atoms with van der Waals surface area (Å²) in [6.45, 7) is 0. The molecule has 1 atom stereocenters. The maximum Gasteiger partial charge on any atom is 0.0931 e. The average molecular weight is 207 g/mol. The Morgan fingerprint density at radius 2 is 2.43 bits per heavy atom. The van der Waals surface area contributed by atoms with Gasteiger partial charge in [-0.05, 0) is 24.7 Å². The Morgan fingerprint density at radius 3 is 3.14 bits per heavy atom. The Hall–Kier alpha value is -1.00. The highest BCUT2D eigenvalue weighted by atomic mass is 32.1. The normalized spacial score (nSPS) is 13.3. The standard InChI is InChI=1S/C10H13N3S/c1-11-10(5-14)7-2-3-8-9(4-7)13-6-12-8/h2-4,6,10-11,14H,5H2,1H3,(H,12,13). The number of aromatic nitrogens is 2. The zero-order valence-corrected chi connectivity index (χ0v) is 8.88. The van der Waals surface area contributed by atoms with Crippen LogP contribution in [0.5, 0.6) is 0 Å². The molecule has 0 saturated heterocycles. The fraction of sp³-hybridized carbons (Fsp3) is 0.300. The first-order chi connectivity index (χ1) is 6.85. The molecule has 1 heterocycles. The number of hydrogen-bond donors (Lipinski definition) is 3. The highest BCUT2D eigenvalue weighted by Gasteiger charge is 2.07. The van der Waals surface area contributed by atoms with Crippen LogP contribution in [0.3, 0.4) is 0 Å². The van der Waals surface area contributed by atoms with Gasteiger partial charge >= 0.3 is 0 Å². The lowest BCUT2D eigenvalue weighted by Gasteiger charge is -2.13. The summed E-state index contributed by atoms with van der Waals surface area (Å²) in [5.41, 5.74) is 3.31. The van der Waals surface area contributed by atoms with Crippen molar-refractivity contribution in [3.63, 3.8) is 0 Å². The van der Waals surface area contributed by atoms with Crippen molar-refractivity contribution in [2.45, 2.75) is 6.04 Å². The molecule has 0 aliphatic heterocycles. The number of hydrogen-bond acceptors (Lipinski definition) is 3. The van der Waals surface area contributed by atoms with Gasteiger partial charge in [0.15, 0.2) is 0 Å². The van der Waals surface area contributed by atoms with Crippen molar-refractivity contribution >= 4 is 23.7 Å². The van der Waals surface area contributed by atoms with Gasteiger partial charge in [-0.3, -0.25) is 0 Å². The molecule has 0 fully saturated rings. The van der Waals surface area contributed by atoms with Crippen LogP contribution in [0.2, 0.25) is 0 Å². The lowest BCUT2D eigenvalue weighted by Crippen LogP contribution is -2.17. The SMILES string of the molecule is CNC(CS)c1ccc2nc[nH]c2c1. The molecule has 4 heteroatoms. The summed E-state index contributed by atoms with van der Waals surface area (Å²) in [5.74, 6) is 0.788.